The second kappa shape index (κ2) is 8.75. The van der Waals surface area contributed by atoms with E-state index in [2.05, 4.69) is 10.1 Å². The summed E-state index contributed by atoms with van der Waals surface area (Å²) < 4.78 is 16.1. The number of likely N-dealkylation sites (N-methyl/N-ethyl adjacent to an activating group) is 1. The molecule has 0 bridgehead atoms. The molecule has 1 aromatic heterocycles. The monoisotopic (exact) mass is 401 g/mol. The number of aromatic nitrogens is 2. The largest absolute Gasteiger partial charge is 0.497 e. The third-order valence-electron chi connectivity index (χ3n) is 4.03. The van der Waals surface area contributed by atoms with Crippen LogP contribution in [-0.4, -0.2) is 41.2 Å². The van der Waals surface area contributed by atoms with Crippen molar-refractivity contribution in [2.45, 2.75) is 19.6 Å². The summed E-state index contributed by atoms with van der Waals surface area (Å²) in [6, 6.07) is 14.3. The van der Waals surface area contributed by atoms with Gasteiger partial charge in [-0.05, 0) is 31.2 Å². The zero-order valence-corrected chi connectivity index (χ0v) is 16.5. The molecule has 1 amide bonds. The summed E-state index contributed by atoms with van der Waals surface area (Å²) in [5.41, 5.74) is 0.763. The zero-order valence-electron chi connectivity index (χ0n) is 15.8. The van der Waals surface area contributed by atoms with E-state index in [1.165, 1.54) is 4.90 Å². The smallest absolute Gasteiger partial charge is 0.263 e. The predicted molar refractivity (Wildman–Crippen MR) is 104 cm³/mol. The number of hydrogen-bond donors (Lipinski definition) is 0. The normalized spacial score (nSPS) is 11.7. The highest BCUT2D eigenvalue weighted by atomic mass is 35.5. The Hall–Kier alpha value is -3.06. The minimum atomic E-state index is -0.717. The molecule has 2 aromatic carbocycles. The molecule has 0 aliphatic carbocycles. The first-order chi connectivity index (χ1) is 13.5. The summed E-state index contributed by atoms with van der Waals surface area (Å²) in [6.45, 7) is 1.82. The average Bonchev–Trinajstić information content (AvgIpc) is 3.17. The molecular weight excluding hydrogens is 382 g/mol. The van der Waals surface area contributed by atoms with Crippen molar-refractivity contribution in [2.75, 3.05) is 14.2 Å². The number of halogens is 1. The van der Waals surface area contributed by atoms with Gasteiger partial charge in [0.05, 0.1) is 18.7 Å². The van der Waals surface area contributed by atoms with Gasteiger partial charge in [-0.1, -0.05) is 41.0 Å². The first-order valence-electron chi connectivity index (χ1n) is 8.61. The molecule has 1 atom stereocenters. The highest BCUT2D eigenvalue weighted by molar-refractivity contribution is 6.32. The second-order valence-corrected chi connectivity index (χ2v) is 6.54. The van der Waals surface area contributed by atoms with E-state index >= 15 is 0 Å². The summed E-state index contributed by atoms with van der Waals surface area (Å²) in [5.74, 6) is 1.66. The van der Waals surface area contributed by atoms with Gasteiger partial charge in [0.25, 0.3) is 5.91 Å². The van der Waals surface area contributed by atoms with Gasteiger partial charge in [0, 0.05) is 12.6 Å². The van der Waals surface area contributed by atoms with Crippen LogP contribution in [0.1, 0.15) is 12.8 Å². The number of methoxy groups -OCH3 is 1. The standard InChI is InChI=1S/C20H20ClN3O4/c1-13(27-17-10-5-4-9-16(17)21)20(25)24(2)12-18-22-19(23-28-18)14-7-6-8-15(11-14)26-3/h4-11,13H,12H2,1-3H3. The number of ether oxygens (including phenoxy) is 2. The molecule has 8 heteroatoms. The van der Waals surface area contributed by atoms with Crippen molar-refractivity contribution < 1.29 is 18.8 Å². The van der Waals surface area contributed by atoms with E-state index < -0.39 is 6.10 Å². The van der Waals surface area contributed by atoms with Crippen LogP contribution in [0.5, 0.6) is 11.5 Å². The van der Waals surface area contributed by atoms with Crippen molar-refractivity contribution in [3.63, 3.8) is 0 Å². The van der Waals surface area contributed by atoms with Gasteiger partial charge in [0.15, 0.2) is 6.10 Å². The summed E-state index contributed by atoms with van der Waals surface area (Å²) in [6.07, 6.45) is -0.717. The van der Waals surface area contributed by atoms with Gasteiger partial charge in [0.2, 0.25) is 11.7 Å². The van der Waals surface area contributed by atoms with Crippen LogP contribution in [-0.2, 0) is 11.3 Å². The molecule has 3 aromatic rings. The van der Waals surface area contributed by atoms with E-state index in [4.69, 9.17) is 25.6 Å². The number of amides is 1. The van der Waals surface area contributed by atoms with E-state index in [-0.39, 0.29) is 12.5 Å². The highest BCUT2D eigenvalue weighted by Crippen LogP contribution is 2.25. The number of hydrogen-bond acceptors (Lipinski definition) is 6. The summed E-state index contributed by atoms with van der Waals surface area (Å²) >= 11 is 6.07. The molecule has 28 heavy (non-hydrogen) atoms. The van der Waals surface area contributed by atoms with Gasteiger partial charge in [-0.3, -0.25) is 4.79 Å². The van der Waals surface area contributed by atoms with Crippen molar-refractivity contribution in [1.82, 2.24) is 15.0 Å². The van der Waals surface area contributed by atoms with Crippen LogP contribution in [0.4, 0.5) is 0 Å². The number of benzene rings is 2. The Labute approximate surface area is 167 Å². The molecule has 1 heterocycles. The molecule has 0 aliphatic heterocycles. The maximum atomic E-state index is 12.6. The molecule has 0 spiro atoms. The Morgan fingerprint density at radius 3 is 2.79 bits per heavy atom. The Bertz CT molecular complexity index is 960. The predicted octanol–water partition coefficient (Wildman–Crippen LogP) is 3.82. The average molecular weight is 402 g/mol. The van der Waals surface area contributed by atoms with Crippen molar-refractivity contribution in [3.8, 4) is 22.9 Å². The molecule has 0 radical (unpaired) electrons. The van der Waals surface area contributed by atoms with E-state index in [1.807, 2.05) is 24.3 Å². The van der Waals surface area contributed by atoms with Gasteiger partial charge in [-0.15, -0.1) is 0 Å². The SMILES string of the molecule is COc1cccc(-c2noc(CN(C)C(=O)C(C)Oc3ccccc3Cl)n2)c1. The van der Waals surface area contributed by atoms with E-state index in [0.29, 0.717) is 28.2 Å². The minimum absolute atomic E-state index is 0.159. The zero-order chi connectivity index (χ0) is 20.1. The van der Waals surface area contributed by atoms with Gasteiger partial charge in [-0.2, -0.15) is 4.98 Å². The lowest BCUT2D eigenvalue weighted by atomic mass is 10.2. The molecule has 1 unspecified atom stereocenters. The van der Waals surface area contributed by atoms with Crippen molar-refractivity contribution in [2.24, 2.45) is 0 Å². The molecular formula is C20H20ClN3O4. The molecule has 7 nitrogen and oxygen atoms in total. The molecule has 0 aliphatic rings. The third kappa shape index (κ3) is 4.61. The van der Waals surface area contributed by atoms with Crippen molar-refractivity contribution in [1.29, 1.82) is 0 Å². The lowest BCUT2D eigenvalue weighted by Gasteiger charge is -2.21. The number of carbonyl (C=O) groups excluding carboxylic acids is 1. The Balaban J connectivity index is 1.64. The second-order valence-electron chi connectivity index (χ2n) is 6.13. The van der Waals surface area contributed by atoms with E-state index in [0.717, 1.165) is 5.56 Å². The Kier molecular flexibility index (Phi) is 6.16. The van der Waals surface area contributed by atoms with Crippen LogP contribution in [0.2, 0.25) is 5.02 Å². The van der Waals surface area contributed by atoms with E-state index in [1.54, 1.807) is 45.3 Å². The molecule has 3 rings (SSSR count). The minimum Gasteiger partial charge on any atom is -0.497 e. The molecule has 0 saturated heterocycles. The third-order valence-corrected chi connectivity index (χ3v) is 4.35. The fraction of sp³-hybridized carbons (Fsp3) is 0.250. The van der Waals surface area contributed by atoms with Crippen LogP contribution in [0, 0.1) is 0 Å². The van der Waals surface area contributed by atoms with Gasteiger partial charge in [0.1, 0.15) is 11.5 Å². The highest BCUT2D eigenvalue weighted by Gasteiger charge is 2.22. The Morgan fingerprint density at radius 1 is 1.25 bits per heavy atom. The summed E-state index contributed by atoms with van der Waals surface area (Å²) in [4.78, 5) is 18.4. The topological polar surface area (TPSA) is 77.7 Å². The lowest BCUT2D eigenvalue weighted by molar-refractivity contribution is -0.137. The Morgan fingerprint density at radius 2 is 2.04 bits per heavy atom. The van der Waals surface area contributed by atoms with Crippen LogP contribution < -0.4 is 9.47 Å². The van der Waals surface area contributed by atoms with E-state index in [9.17, 15) is 4.79 Å². The van der Waals surface area contributed by atoms with Crippen LogP contribution >= 0.6 is 11.6 Å². The lowest BCUT2D eigenvalue weighted by Crippen LogP contribution is -2.37. The van der Waals surface area contributed by atoms with Gasteiger partial charge < -0.3 is 18.9 Å². The first-order valence-corrected chi connectivity index (χ1v) is 8.99. The number of nitrogens with zero attached hydrogens (tertiary/aromatic N) is 3. The molecule has 0 saturated carbocycles. The summed E-state index contributed by atoms with van der Waals surface area (Å²) in [5, 5.41) is 4.42. The summed E-state index contributed by atoms with van der Waals surface area (Å²) in [7, 11) is 3.23. The van der Waals surface area contributed by atoms with Crippen molar-refractivity contribution >= 4 is 17.5 Å². The fourth-order valence-electron chi connectivity index (χ4n) is 2.57. The number of para-hydroxylation sites is 1. The van der Waals surface area contributed by atoms with Crippen LogP contribution in [0.3, 0.4) is 0 Å². The maximum Gasteiger partial charge on any atom is 0.263 e. The molecule has 146 valence electrons. The fourth-order valence-corrected chi connectivity index (χ4v) is 2.75. The number of carbonyl (C=O) groups is 1. The van der Waals surface area contributed by atoms with Crippen LogP contribution in [0.25, 0.3) is 11.4 Å². The quantitative estimate of drug-likeness (QED) is 0.598. The van der Waals surface area contributed by atoms with Gasteiger partial charge >= 0.3 is 0 Å². The molecule has 0 fully saturated rings. The maximum absolute atomic E-state index is 12.6. The van der Waals surface area contributed by atoms with Gasteiger partial charge in [-0.25, -0.2) is 0 Å². The molecule has 0 N–H and O–H groups in total. The van der Waals surface area contributed by atoms with Crippen LogP contribution in [0.15, 0.2) is 53.1 Å². The van der Waals surface area contributed by atoms with Crippen molar-refractivity contribution in [3.05, 3.63) is 59.4 Å². The first kappa shape index (κ1) is 19.7. The number of rotatable bonds is 7.